The molecular weight excluding hydrogens is 442 g/mol. The molecular formula is C23H21N5O6. The number of carbonyl (C=O) groups is 1. The third-order valence-electron chi connectivity index (χ3n) is 6.11. The highest BCUT2D eigenvalue weighted by molar-refractivity contribution is 6.14. The maximum absolute atomic E-state index is 13.6. The molecule has 2 amide bonds. The predicted octanol–water partition coefficient (Wildman–Crippen LogP) is 2.67. The van der Waals surface area contributed by atoms with E-state index in [1.54, 1.807) is 36.1 Å². The SMILES string of the molecule is CC1(C#N)Cc2cc3c(cc2C(c2ccc([N+](=O)[O-])cc2)=NN1C(=O)N1CCOCC1)OCO3. The van der Waals surface area contributed by atoms with Gasteiger partial charge in [-0.15, -0.1) is 0 Å². The van der Waals surface area contributed by atoms with Crippen LogP contribution in [0.25, 0.3) is 0 Å². The first-order valence-electron chi connectivity index (χ1n) is 10.7. The molecule has 11 nitrogen and oxygen atoms in total. The molecule has 1 unspecified atom stereocenters. The Labute approximate surface area is 194 Å². The number of benzene rings is 2. The quantitative estimate of drug-likeness (QED) is 0.494. The van der Waals surface area contributed by atoms with Crippen molar-refractivity contribution in [2.75, 3.05) is 33.1 Å². The molecule has 0 saturated carbocycles. The van der Waals surface area contributed by atoms with Gasteiger partial charge in [-0.3, -0.25) is 10.1 Å². The number of fused-ring (bicyclic) bond motifs is 2. The number of ether oxygens (including phenoxy) is 3. The Morgan fingerprint density at radius 1 is 1.18 bits per heavy atom. The number of non-ortho nitro benzene ring substituents is 1. The maximum atomic E-state index is 13.6. The van der Waals surface area contributed by atoms with Crippen molar-refractivity contribution >= 4 is 17.4 Å². The molecule has 174 valence electrons. The zero-order valence-electron chi connectivity index (χ0n) is 18.4. The summed E-state index contributed by atoms with van der Waals surface area (Å²) in [6.45, 7) is 3.35. The monoisotopic (exact) mass is 463 g/mol. The molecule has 0 bridgehead atoms. The van der Waals surface area contributed by atoms with Crippen LogP contribution in [0.2, 0.25) is 0 Å². The number of urea groups is 1. The van der Waals surface area contributed by atoms with E-state index in [9.17, 15) is 20.2 Å². The molecule has 2 aromatic carbocycles. The number of hydrogen-bond acceptors (Lipinski definition) is 8. The standard InChI is InChI=1S/C23H21N5O6/c1-23(13-24)12-16-10-19-20(34-14-33-19)11-18(16)21(15-2-4-17(5-3-15)28(30)31)25-27(23)22(29)26-6-8-32-9-7-26/h2-5,10-11H,6-9,12,14H2,1H3. The van der Waals surface area contributed by atoms with Crippen LogP contribution in [0.5, 0.6) is 11.5 Å². The fourth-order valence-corrected chi connectivity index (χ4v) is 4.24. The third-order valence-corrected chi connectivity index (χ3v) is 6.11. The molecule has 1 saturated heterocycles. The number of rotatable bonds is 2. The molecule has 3 aliphatic heterocycles. The number of nitro benzene ring substituents is 1. The summed E-state index contributed by atoms with van der Waals surface area (Å²) in [5.41, 5.74) is 1.03. The number of carbonyl (C=O) groups excluding carboxylic acids is 1. The highest BCUT2D eigenvalue weighted by atomic mass is 16.7. The van der Waals surface area contributed by atoms with Gasteiger partial charge in [-0.2, -0.15) is 15.4 Å². The number of nitro groups is 1. The van der Waals surface area contributed by atoms with E-state index in [-0.39, 0.29) is 18.9 Å². The summed E-state index contributed by atoms with van der Waals surface area (Å²) in [4.78, 5) is 25.8. The summed E-state index contributed by atoms with van der Waals surface area (Å²) >= 11 is 0. The number of hydrazone groups is 1. The maximum Gasteiger partial charge on any atom is 0.342 e. The van der Waals surface area contributed by atoms with Gasteiger partial charge in [0.2, 0.25) is 6.79 Å². The molecule has 11 heteroatoms. The van der Waals surface area contributed by atoms with Crippen molar-refractivity contribution in [2.45, 2.75) is 18.9 Å². The Morgan fingerprint density at radius 3 is 2.50 bits per heavy atom. The second kappa shape index (κ2) is 8.31. The minimum absolute atomic E-state index is 0.0630. The van der Waals surface area contributed by atoms with E-state index in [0.717, 1.165) is 5.56 Å². The lowest BCUT2D eigenvalue weighted by atomic mass is 9.89. The molecule has 3 heterocycles. The molecule has 0 N–H and O–H groups in total. The van der Waals surface area contributed by atoms with Crippen molar-refractivity contribution in [3.63, 3.8) is 0 Å². The van der Waals surface area contributed by atoms with Gasteiger partial charge in [-0.1, -0.05) is 0 Å². The van der Waals surface area contributed by atoms with E-state index in [0.29, 0.717) is 54.6 Å². The number of nitrogens with zero attached hydrogens (tertiary/aromatic N) is 5. The van der Waals surface area contributed by atoms with Gasteiger partial charge in [0.15, 0.2) is 17.0 Å². The lowest BCUT2D eigenvalue weighted by Gasteiger charge is -2.36. The second-order valence-corrected chi connectivity index (χ2v) is 8.37. The molecule has 1 atom stereocenters. The average molecular weight is 463 g/mol. The lowest BCUT2D eigenvalue weighted by molar-refractivity contribution is -0.384. The summed E-state index contributed by atoms with van der Waals surface area (Å²) in [6.07, 6.45) is 0.200. The first-order valence-corrected chi connectivity index (χ1v) is 10.7. The Morgan fingerprint density at radius 2 is 1.85 bits per heavy atom. The van der Waals surface area contributed by atoms with Gasteiger partial charge in [0.1, 0.15) is 0 Å². The molecule has 3 aliphatic rings. The molecule has 5 rings (SSSR count). The van der Waals surface area contributed by atoms with Crippen molar-refractivity contribution in [3.8, 4) is 17.6 Å². The summed E-state index contributed by atoms with van der Waals surface area (Å²) in [6, 6.07) is 11.4. The van der Waals surface area contributed by atoms with Crippen LogP contribution < -0.4 is 9.47 Å². The largest absolute Gasteiger partial charge is 0.454 e. The van der Waals surface area contributed by atoms with E-state index in [2.05, 4.69) is 6.07 Å². The zero-order chi connectivity index (χ0) is 23.9. The topological polar surface area (TPSA) is 131 Å². The minimum Gasteiger partial charge on any atom is -0.454 e. The second-order valence-electron chi connectivity index (χ2n) is 8.37. The van der Waals surface area contributed by atoms with Gasteiger partial charge in [0.05, 0.1) is 29.9 Å². The predicted molar refractivity (Wildman–Crippen MR) is 119 cm³/mol. The Kier molecular flexibility index (Phi) is 5.30. The number of amides is 2. The van der Waals surface area contributed by atoms with Crippen LogP contribution in [0.15, 0.2) is 41.5 Å². The normalized spacial score (nSPS) is 21.2. The number of nitriles is 1. The first-order chi connectivity index (χ1) is 16.4. The molecule has 1 fully saturated rings. The van der Waals surface area contributed by atoms with Gasteiger partial charge in [0.25, 0.3) is 5.69 Å². The van der Waals surface area contributed by atoms with Crippen LogP contribution in [-0.4, -0.2) is 65.2 Å². The van der Waals surface area contributed by atoms with Crippen LogP contribution in [0.1, 0.15) is 23.6 Å². The van der Waals surface area contributed by atoms with Crippen LogP contribution in [0.4, 0.5) is 10.5 Å². The molecule has 0 aromatic heterocycles. The number of hydrogen-bond donors (Lipinski definition) is 0. The molecule has 2 aromatic rings. The average Bonchev–Trinajstić information content (AvgIpc) is 3.27. The summed E-state index contributed by atoms with van der Waals surface area (Å²) in [7, 11) is 0. The molecule has 0 spiro atoms. The third kappa shape index (κ3) is 3.68. The summed E-state index contributed by atoms with van der Waals surface area (Å²) in [5.74, 6) is 1.08. The minimum atomic E-state index is -1.29. The van der Waals surface area contributed by atoms with Crippen molar-refractivity contribution in [3.05, 3.63) is 63.2 Å². The van der Waals surface area contributed by atoms with Crippen molar-refractivity contribution in [2.24, 2.45) is 5.10 Å². The van der Waals surface area contributed by atoms with Gasteiger partial charge in [-0.05, 0) is 36.8 Å². The smallest absolute Gasteiger partial charge is 0.342 e. The fraction of sp³-hybridized carbons (Fsp3) is 0.348. The van der Waals surface area contributed by atoms with Gasteiger partial charge < -0.3 is 19.1 Å². The highest BCUT2D eigenvalue weighted by Gasteiger charge is 2.42. The Balaban J connectivity index is 1.68. The van der Waals surface area contributed by atoms with Gasteiger partial charge in [0, 0.05) is 42.8 Å². The van der Waals surface area contributed by atoms with Gasteiger partial charge >= 0.3 is 6.03 Å². The first kappa shape index (κ1) is 21.7. The summed E-state index contributed by atoms with van der Waals surface area (Å²) in [5, 5.41) is 27.3. The lowest BCUT2D eigenvalue weighted by Crippen LogP contribution is -2.54. The van der Waals surface area contributed by atoms with Crippen molar-refractivity contribution < 1.29 is 23.9 Å². The van der Waals surface area contributed by atoms with Gasteiger partial charge in [-0.25, -0.2) is 4.79 Å². The Hall–Kier alpha value is -4.17. The van der Waals surface area contributed by atoms with Crippen LogP contribution in [0, 0.1) is 21.4 Å². The number of morpholine rings is 1. The van der Waals surface area contributed by atoms with E-state index >= 15 is 0 Å². The molecule has 34 heavy (non-hydrogen) atoms. The van der Waals surface area contributed by atoms with Crippen LogP contribution in [0.3, 0.4) is 0 Å². The highest BCUT2D eigenvalue weighted by Crippen LogP contribution is 2.39. The summed E-state index contributed by atoms with van der Waals surface area (Å²) < 4.78 is 16.5. The van der Waals surface area contributed by atoms with E-state index in [4.69, 9.17) is 19.3 Å². The van der Waals surface area contributed by atoms with E-state index < -0.39 is 16.5 Å². The molecule has 0 radical (unpaired) electrons. The van der Waals surface area contributed by atoms with E-state index in [1.165, 1.54) is 17.1 Å². The van der Waals surface area contributed by atoms with Crippen LogP contribution in [-0.2, 0) is 11.2 Å². The Bertz CT molecular complexity index is 1230. The van der Waals surface area contributed by atoms with Crippen LogP contribution >= 0.6 is 0 Å². The van der Waals surface area contributed by atoms with E-state index in [1.807, 2.05) is 0 Å². The molecule has 0 aliphatic carbocycles. The van der Waals surface area contributed by atoms with Crippen molar-refractivity contribution in [1.29, 1.82) is 5.26 Å². The zero-order valence-corrected chi connectivity index (χ0v) is 18.4. The fourth-order valence-electron chi connectivity index (χ4n) is 4.24. The van der Waals surface area contributed by atoms with Crippen molar-refractivity contribution in [1.82, 2.24) is 9.91 Å².